The van der Waals surface area contributed by atoms with E-state index in [2.05, 4.69) is 20.4 Å². The lowest BCUT2D eigenvalue weighted by molar-refractivity contribution is 0.0944. The normalized spacial score (nSPS) is 14.1. The van der Waals surface area contributed by atoms with Gasteiger partial charge >= 0.3 is 0 Å². The average Bonchev–Trinajstić information content (AvgIpc) is 3.42. The van der Waals surface area contributed by atoms with Crippen LogP contribution in [0.1, 0.15) is 35.3 Å². The maximum absolute atomic E-state index is 12.7. The molecule has 1 N–H and O–H groups in total. The summed E-state index contributed by atoms with van der Waals surface area (Å²) in [5, 5.41) is 13.2. The van der Waals surface area contributed by atoms with Gasteiger partial charge < -0.3 is 15.0 Å². The van der Waals surface area contributed by atoms with E-state index in [-0.39, 0.29) is 5.91 Å². The Balaban J connectivity index is 1.46. The number of carbonyl (C=O) groups is 1. The highest BCUT2D eigenvalue weighted by Gasteiger charge is 2.19. The van der Waals surface area contributed by atoms with E-state index in [1.165, 1.54) is 30.6 Å². The topological polar surface area (TPSA) is 72.3 Å². The van der Waals surface area contributed by atoms with Gasteiger partial charge in [-0.2, -0.15) is 0 Å². The quantitative estimate of drug-likeness (QED) is 0.691. The van der Waals surface area contributed by atoms with Crippen molar-refractivity contribution in [1.29, 1.82) is 0 Å². The molecule has 0 atom stereocenters. The van der Waals surface area contributed by atoms with Crippen LogP contribution in [0.4, 0.5) is 5.13 Å². The van der Waals surface area contributed by atoms with Crippen LogP contribution in [0.15, 0.2) is 42.6 Å². The third-order valence-electron chi connectivity index (χ3n) is 4.80. The zero-order valence-electron chi connectivity index (χ0n) is 15.8. The van der Waals surface area contributed by atoms with E-state index in [4.69, 9.17) is 4.74 Å². The molecule has 4 rings (SSSR count). The number of hydrogen-bond donors (Lipinski definition) is 1. The van der Waals surface area contributed by atoms with Gasteiger partial charge in [0.05, 0.1) is 7.11 Å². The zero-order chi connectivity index (χ0) is 19.3. The predicted molar refractivity (Wildman–Crippen MR) is 109 cm³/mol. The van der Waals surface area contributed by atoms with Crippen LogP contribution in [0.3, 0.4) is 0 Å². The molecule has 8 heteroatoms. The first kappa shape index (κ1) is 18.5. The SMILES string of the molecule is COc1cccc(CNC(=O)c2cccn2-c2nnc(N3CCCCC3)s2)c1. The number of hydrogen-bond acceptors (Lipinski definition) is 6. The van der Waals surface area contributed by atoms with Crippen LogP contribution in [-0.2, 0) is 6.54 Å². The van der Waals surface area contributed by atoms with Gasteiger partial charge in [-0.25, -0.2) is 0 Å². The molecule has 0 spiro atoms. The highest BCUT2D eigenvalue weighted by molar-refractivity contribution is 7.17. The Bertz CT molecular complexity index is 945. The number of carbonyl (C=O) groups excluding carboxylic acids is 1. The number of benzene rings is 1. The molecule has 0 bridgehead atoms. The lowest BCUT2D eigenvalue weighted by atomic mass is 10.1. The van der Waals surface area contributed by atoms with Gasteiger partial charge in [0, 0.05) is 25.8 Å². The minimum absolute atomic E-state index is 0.150. The van der Waals surface area contributed by atoms with Crippen molar-refractivity contribution < 1.29 is 9.53 Å². The average molecular weight is 398 g/mol. The summed E-state index contributed by atoms with van der Waals surface area (Å²) in [6.45, 7) is 2.47. The number of nitrogens with zero attached hydrogens (tertiary/aromatic N) is 4. The molecule has 7 nitrogen and oxygen atoms in total. The van der Waals surface area contributed by atoms with Crippen LogP contribution in [0.2, 0.25) is 0 Å². The van der Waals surface area contributed by atoms with Gasteiger partial charge in [-0.15, -0.1) is 10.2 Å². The summed E-state index contributed by atoms with van der Waals surface area (Å²) in [7, 11) is 1.63. The number of piperidine rings is 1. The van der Waals surface area contributed by atoms with Crippen LogP contribution < -0.4 is 15.0 Å². The first-order chi connectivity index (χ1) is 13.7. The molecule has 3 aromatic rings. The molecule has 3 heterocycles. The minimum Gasteiger partial charge on any atom is -0.497 e. The van der Waals surface area contributed by atoms with Crippen molar-refractivity contribution in [3.63, 3.8) is 0 Å². The van der Waals surface area contributed by atoms with Crippen LogP contribution in [0, 0.1) is 0 Å². The van der Waals surface area contributed by atoms with Crippen molar-refractivity contribution in [3.8, 4) is 10.9 Å². The molecule has 1 amide bonds. The fourth-order valence-electron chi connectivity index (χ4n) is 3.31. The number of ether oxygens (including phenoxy) is 1. The second-order valence-electron chi connectivity index (χ2n) is 6.71. The van der Waals surface area contributed by atoms with Crippen molar-refractivity contribution in [2.24, 2.45) is 0 Å². The summed E-state index contributed by atoms with van der Waals surface area (Å²) in [4.78, 5) is 15.0. The number of nitrogens with one attached hydrogen (secondary N) is 1. The van der Waals surface area contributed by atoms with E-state index in [0.29, 0.717) is 17.4 Å². The Labute approximate surface area is 168 Å². The molecule has 0 saturated carbocycles. The van der Waals surface area contributed by atoms with Gasteiger partial charge in [-0.1, -0.05) is 23.5 Å². The minimum atomic E-state index is -0.150. The number of rotatable bonds is 6. The second kappa shape index (κ2) is 8.43. The van der Waals surface area contributed by atoms with E-state index in [1.54, 1.807) is 17.7 Å². The van der Waals surface area contributed by atoms with Gasteiger partial charge in [-0.3, -0.25) is 9.36 Å². The maximum Gasteiger partial charge on any atom is 0.268 e. The Hall–Kier alpha value is -2.87. The van der Waals surface area contributed by atoms with Crippen LogP contribution in [-0.4, -0.2) is 40.9 Å². The number of methoxy groups -OCH3 is 1. The van der Waals surface area contributed by atoms with Crippen molar-refractivity contribution in [2.45, 2.75) is 25.8 Å². The molecule has 1 aromatic carbocycles. The summed E-state index contributed by atoms with van der Waals surface area (Å²) in [5.41, 5.74) is 1.53. The standard InChI is InChI=1S/C20H23N5O2S/c1-27-16-8-5-7-15(13-16)14-21-18(26)17-9-6-12-25(17)20-23-22-19(28-20)24-10-3-2-4-11-24/h5-9,12-13H,2-4,10-11,14H2,1H3,(H,21,26). The molecule has 0 unspecified atom stereocenters. The molecular formula is C20H23N5O2S. The third kappa shape index (κ3) is 4.01. The Morgan fingerprint density at radius 3 is 2.79 bits per heavy atom. The van der Waals surface area contributed by atoms with Crippen LogP contribution >= 0.6 is 11.3 Å². The molecule has 0 radical (unpaired) electrons. The lowest BCUT2D eigenvalue weighted by Crippen LogP contribution is -2.29. The van der Waals surface area contributed by atoms with Gasteiger partial charge in [0.2, 0.25) is 10.3 Å². The Morgan fingerprint density at radius 1 is 1.14 bits per heavy atom. The highest BCUT2D eigenvalue weighted by atomic mass is 32.1. The molecule has 2 aromatic heterocycles. The van der Waals surface area contributed by atoms with Crippen molar-refractivity contribution in [2.75, 3.05) is 25.1 Å². The summed E-state index contributed by atoms with van der Waals surface area (Å²) in [6, 6.07) is 11.3. The van der Waals surface area contributed by atoms with Crippen LogP contribution in [0.5, 0.6) is 5.75 Å². The first-order valence-electron chi connectivity index (χ1n) is 9.42. The van der Waals surface area contributed by atoms with E-state index < -0.39 is 0 Å². The van der Waals surface area contributed by atoms with Gasteiger partial charge in [-0.05, 0) is 49.1 Å². The number of aromatic nitrogens is 3. The zero-order valence-corrected chi connectivity index (χ0v) is 16.6. The molecule has 0 aliphatic carbocycles. The van der Waals surface area contributed by atoms with E-state index in [9.17, 15) is 4.79 Å². The largest absolute Gasteiger partial charge is 0.497 e. The lowest BCUT2D eigenvalue weighted by Gasteiger charge is -2.25. The van der Waals surface area contributed by atoms with Crippen molar-refractivity contribution in [3.05, 3.63) is 53.9 Å². The monoisotopic (exact) mass is 397 g/mol. The molecule has 1 aliphatic heterocycles. The van der Waals surface area contributed by atoms with E-state index >= 15 is 0 Å². The van der Waals surface area contributed by atoms with Crippen LogP contribution in [0.25, 0.3) is 5.13 Å². The number of anilines is 1. The highest BCUT2D eigenvalue weighted by Crippen LogP contribution is 2.26. The van der Waals surface area contributed by atoms with E-state index in [0.717, 1.165) is 29.5 Å². The van der Waals surface area contributed by atoms with Gasteiger partial charge in [0.15, 0.2) is 0 Å². The molecular weight excluding hydrogens is 374 g/mol. The summed E-state index contributed by atoms with van der Waals surface area (Å²) >= 11 is 1.52. The van der Waals surface area contributed by atoms with Gasteiger partial charge in [0.1, 0.15) is 11.4 Å². The smallest absolute Gasteiger partial charge is 0.268 e. The van der Waals surface area contributed by atoms with Crippen molar-refractivity contribution >= 4 is 22.4 Å². The second-order valence-corrected chi connectivity index (χ2v) is 7.65. The Kier molecular flexibility index (Phi) is 5.57. The fourth-order valence-corrected chi connectivity index (χ4v) is 4.20. The van der Waals surface area contributed by atoms with E-state index in [1.807, 2.05) is 36.5 Å². The molecule has 1 saturated heterocycles. The third-order valence-corrected chi connectivity index (χ3v) is 5.79. The summed E-state index contributed by atoms with van der Waals surface area (Å²) in [5.74, 6) is 0.622. The number of amides is 1. The van der Waals surface area contributed by atoms with Gasteiger partial charge in [0.25, 0.3) is 5.91 Å². The fraction of sp³-hybridized carbons (Fsp3) is 0.350. The predicted octanol–water partition coefficient (Wildman–Crippen LogP) is 3.26. The van der Waals surface area contributed by atoms with Crippen molar-refractivity contribution in [1.82, 2.24) is 20.1 Å². The molecule has 28 heavy (non-hydrogen) atoms. The molecule has 1 fully saturated rings. The summed E-state index contributed by atoms with van der Waals surface area (Å²) in [6.07, 6.45) is 5.51. The first-order valence-corrected chi connectivity index (χ1v) is 10.2. The maximum atomic E-state index is 12.7. The Morgan fingerprint density at radius 2 is 1.96 bits per heavy atom. The molecule has 1 aliphatic rings. The summed E-state index contributed by atoms with van der Waals surface area (Å²) < 4.78 is 7.03. The molecule has 146 valence electrons.